The van der Waals surface area contributed by atoms with Crippen molar-refractivity contribution in [1.82, 2.24) is 0 Å². The summed E-state index contributed by atoms with van der Waals surface area (Å²) < 4.78 is 0. The van der Waals surface area contributed by atoms with Crippen molar-refractivity contribution in [3.8, 4) is 0 Å². The van der Waals surface area contributed by atoms with E-state index in [0.717, 1.165) is 35.3 Å². The zero-order chi connectivity index (χ0) is 15.5. The SMILES string of the molecule is Cc1ccc(NC(=O)Nc2cccc3c2CC(O)CC3)cc1. The van der Waals surface area contributed by atoms with Gasteiger partial charge in [0.05, 0.1) is 6.10 Å². The van der Waals surface area contributed by atoms with Gasteiger partial charge in [-0.3, -0.25) is 0 Å². The normalized spacial score (nSPS) is 16.7. The number of fused-ring (bicyclic) bond motifs is 1. The molecule has 1 aliphatic carbocycles. The van der Waals surface area contributed by atoms with Gasteiger partial charge in [-0.25, -0.2) is 4.79 Å². The largest absolute Gasteiger partial charge is 0.393 e. The molecule has 3 rings (SSSR count). The highest BCUT2D eigenvalue weighted by Gasteiger charge is 2.19. The van der Waals surface area contributed by atoms with Crippen LogP contribution >= 0.6 is 0 Å². The summed E-state index contributed by atoms with van der Waals surface area (Å²) in [5.74, 6) is 0. The van der Waals surface area contributed by atoms with E-state index in [9.17, 15) is 9.90 Å². The van der Waals surface area contributed by atoms with E-state index in [1.165, 1.54) is 5.56 Å². The number of urea groups is 1. The third-order valence-corrected chi connectivity index (χ3v) is 4.02. The maximum absolute atomic E-state index is 12.1. The zero-order valence-corrected chi connectivity index (χ0v) is 12.6. The van der Waals surface area contributed by atoms with Crippen LogP contribution in [0.4, 0.5) is 16.2 Å². The molecule has 0 fully saturated rings. The first-order chi connectivity index (χ1) is 10.6. The molecule has 0 aliphatic heterocycles. The number of carbonyl (C=O) groups is 1. The summed E-state index contributed by atoms with van der Waals surface area (Å²) in [6, 6.07) is 13.3. The van der Waals surface area contributed by atoms with E-state index in [0.29, 0.717) is 6.42 Å². The van der Waals surface area contributed by atoms with Gasteiger partial charge in [-0.15, -0.1) is 0 Å². The Kier molecular flexibility index (Phi) is 4.11. The lowest BCUT2D eigenvalue weighted by Crippen LogP contribution is -2.24. The summed E-state index contributed by atoms with van der Waals surface area (Å²) in [5.41, 5.74) is 4.93. The van der Waals surface area contributed by atoms with Crippen molar-refractivity contribution in [3.63, 3.8) is 0 Å². The third kappa shape index (κ3) is 3.28. The van der Waals surface area contributed by atoms with Gasteiger partial charge in [-0.2, -0.15) is 0 Å². The van der Waals surface area contributed by atoms with Crippen molar-refractivity contribution in [2.45, 2.75) is 32.3 Å². The number of hydrogen-bond acceptors (Lipinski definition) is 2. The first kappa shape index (κ1) is 14.6. The number of carbonyl (C=O) groups excluding carboxylic acids is 1. The minimum Gasteiger partial charge on any atom is -0.393 e. The van der Waals surface area contributed by atoms with Gasteiger partial charge >= 0.3 is 6.03 Å². The smallest absolute Gasteiger partial charge is 0.323 e. The van der Waals surface area contributed by atoms with Crippen LogP contribution in [0.25, 0.3) is 0 Å². The summed E-state index contributed by atoms with van der Waals surface area (Å²) >= 11 is 0. The summed E-state index contributed by atoms with van der Waals surface area (Å²) in [6.45, 7) is 2.01. The van der Waals surface area contributed by atoms with E-state index in [4.69, 9.17) is 0 Å². The lowest BCUT2D eigenvalue weighted by molar-refractivity contribution is 0.159. The van der Waals surface area contributed by atoms with Crippen LogP contribution in [0.15, 0.2) is 42.5 Å². The molecular weight excluding hydrogens is 276 g/mol. The summed E-state index contributed by atoms with van der Waals surface area (Å²) in [5, 5.41) is 15.6. The van der Waals surface area contributed by atoms with Crippen LogP contribution in [0.1, 0.15) is 23.1 Å². The van der Waals surface area contributed by atoms with Gasteiger partial charge in [0, 0.05) is 17.8 Å². The van der Waals surface area contributed by atoms with Gasteiger partial charge in [0.25, 0.3) is 0 Å². The summed E-state index contributed by atoms with van der Waals surface area (Å²) in [7, 11) is 0. The molecule has 0 saturated heterocycles. The van der Waals surface area contributed by atoms with E-state index in [2.05, 4.69) is 16.7 Å². The molecule has 4 heteroatoms. The molecule has 1 aliphatic rings. The number of hydrogen-bond donors (Lipinski definition) is 3. The molecule has 0 heterocycles. The number of aliphatic hydroxyl groups is 1. The number of rotatable bonds is 2. The van der Waals surface area contributed by atoms with Gasteiger partial charge in [-0.1, -0.05) is 29.8 Å². The van der Waals surface area contributed by atoms with Crippen molar-refractivity contribution in [2.75, 3.05) is 10.6 Å². The highest BCUT2D eigenvalue weighted by molar-refractivity contribution is 6.00. The van der Waals surface area contributed by atoms with Crippen LogP contribution < -0.4 is 10.6 Å². The molecule has 114 valence electrons. The second-order valence-corrected chi connectivity index (χ2v) is 5.79. The van der Waals surface area contributed by atoms with Crippen molar-refractivity contribution in [1.29, 1.82) is 0 Å². The van der Waals surface area contributed by atoms with E-state index in [1.54, 1.807) is 0 Å². The quantitative estimate of drug-likeness (QED) is 0.794. The molecular formula is C18H20N2O2. The Labute approximate surface area is 130 Å². The van der Waals surface area contributed by atoms with E-state index < -0.39 is 0 Å². The molecule has 0 saturated carbocycles. The van der Waals surface area contributed by atoms with E-state index >= 15 is 0 Å². The molecule has 2 aromatic carbocycles. The molecule has 1 unspecified atom stereocenters. The minimum atomic E-state index is -0.324. The second-order valence-electron chi connectivity index (χ2n) is 5.79. The van der Waals surface area contributed by atoms with Crippen molar-refractivity contribution in [3.05, 3.63) is 59.2 Å². The summed E-state index contributed by atoms with van der Waals surface area (Å²) in [4.78, 5) is 12.1. The van der Waals surface area contributed by atoms with Crippen LogP contribution in [0.5, 0.6) is 0 Å². The lowest BCUT2D eigenvalue weighted by Gasteiger charge is -2.23. The van der Waals surface area contributed by atoms with Crippen LogP contribution in [0.2, 0.25) is 0 Å². The molecule has 1 atom stereocenters. The topological polar surface area (TPSA) is 61.4 Å². The highest BCUT2D eigenvalue weighted by atomic mass is 16.3. The van der Waals surface area contributed by atoms with Crippen molar-refractivity contribution in [2.24, 2.45) is 0 Å². The van der Waals surface area contributed by atoms with Gasteiger partial charge in [0.15, 0.2) is 0 Å². The maximum atomic E-state index is 12.1. The molecule has 2 amide bonds. The van der Waals surface area contributed by atoms with Crippen LogP contribution in [-0.4, -0.2) is 17.2 Å². The van der Waals surface area contributed by atoms with Crippen molar-refractivity contribution < 1.29 is 9.90 Å². The Morgan fingerprint density at radius 3 is 2.68 bits per heavy atom. The van der Waals surface area contributed by atoms with E-state index in [-0.39, 0.29) is 12.1 Å². The molecule has 2 aromatic rings. The highest BCUT2D eigenvalue weighted by Crippen LogP contribution is 2.28. The fourth-order valence-electron chi connectivity index (χ4n) is 2.81. The monoisotopic (exact) mass is 296 g/mol. The predicted octanol–water partition coefficient (Wildman–Crippen LogP) is 3.49. The lowest BCUT2D eigenvalue weighted by atomic mass is 9.88. The summed E-state index contributed by atoms with van der Waals surface area (Å²) in [6.07, 6.45) is 1.91. The maximum Gasteiger partial charge on any atom is 0.323 e. The molecule has 22 heavy (non-hydrogen) atoms. The second kappa shape index (κ2) is 6.20. The Bertz CT molecular complexity index is 680. The van der Waals surface area contributed by atoms with Gasteiger partial charge in [0.1, 0.15) is 0 Å². The van der Waals surface area contributed by atoms with Crippen molar-refractivity contribution >= 4 is 17.4 Å². The van der Waals surface area contributed by atoms with Crippen LogP contribution in [-0.2, 0) is 12.8 Å². The van der Waals surface area contributed by atoms with Gasteiger partial charge in [-0.05, 0) is 49.1 Å². The average molecular weight is 296 g/mol. The number of benzene rings is 2. The number of aryl methyl sites for hydroxylation is 2. The van der Waals surface area contributed by atoms with Gasteiger partial charge in [0.2, 0.25) is 0 Å². The molecule has 3 N–H and O–H groups in total. The fourth-order valence-corrected chi connectivity index (χ4v) is 2.81. The van der Waals surface area contributed by atoms with E-state index in [1.807, 2.05) is 43.3 Å². The van der Waals surface area contributed by atoms with Crippen LogP contribution in [0.3, 0.4) is 0 Å². The first-order valence-corrected chi connectivity index (χ1v) is 7.55. The average Bonchev–Trinajstić information content (AvgIpc) is 2.50. The minimum absolute atomic E-state index is 0.266. The molecule has 0 radical (unpaired) electrons. The molecule has 0 bridgehead atoms. The number of amides is 2. The zero-order valence-electron chi connectivity index (χ0n) is 12.6. The molecule has 4 nitrogen and oxygen atoms in total. The molecule has 0 spiro atoms. The Morgan fingerprint density at radius 1 is 1.14 bits per heavy atom. The number of anilines is 2. The Hall–Kier alpha value is -2.33. The predicted molar refractivity (Wildman–Crippen MR) is 88.3 cm³/mol. The standard InChI is InChI=1S/C18H20N2O2/c1-12-5-8-14(9-6-12)19-18(22)20-17-4-2-3-13-7-10-15(21)11-16(13)17/h2-6,8-9,15,21H,7,10-11H2,1H3,(H2,19,20,22). The first-order valence-electron chi connectivity index (χ1n) is 7.55. The Morgan fingerprint density at radius 2 is 1.91 bits per heavy atom. The third-order valence-electron chi connectivity index (χ3n) is 4.02. The number of nitrogens with one attached hydrogen (secondary N) is 2. The Balaban J connectivity index is 1.73. The fraction of sp³-hybridized carbons (Fsp3) is 0.278. The van der Waals surface area contributed by atoms with Crippen LogP contribution in [0, 0.1) is 6.92 Å². The molecule has 0 aromatic heterocycles. The van der Waals surface area contributed by atoms with Gasteiger partial charge < -0.3 is 15.7 Å². The number of aliphatic hydroxyl groups excluding tert-OH is 1.